The maximum Gasteiger partial charge on any atom is 0.230 e. The minimum Gasteiger partial charge on any atom is -0.492 e. The van der Waals surface area contributed by atoms with Crippen LogP contribution in [0.15, 0.2) is 30.6 Å². The van der Waals surface area contributed by atoms with Crippen molar-refractivity contribution in [1.29, 1.82) is 0 Å². The van der Waals surface area contributed by atoms with Gasteiger partial charge in [0.1, 0.15) is 0 Å². The SMILES string of the molecule is Oc1cc(-c2ccncc2)[nH]n1. The summed E-state index contributed by atoms with van der Waals surface area (Å²) in [5, 5.41) is 15.3. The van der Waals surface area contributed by atoms with Crippen LogP contribution in [0, 0.1) is 0 Å². The number of hydrogen-bond donors (Lipinski definition) is 2. The topological polar surface area (TPSA) is 61.8 Å². The number of aromatic nitrogens is 3. The number of rotatable bonds is 1. The third-order valence-corrected chi connectivity index (χ3v) is 1.56. The third-order valence-electron chi connectivity index (χ3n) is 1.56. The fraction of sp³-hybridized carbons (Fsp3) is 0. The van der Waals surface area contributed by atoms with Crippen LogP contribution in [-0.2, 0) is 0 Å². The van der Waals surface area contributed by atoms with Gasteiger partial charge < -0.3 is 5.11 Å². The second kappa shape index (κ2) is 2.65. The van der Waals surface area contributed by atoms with E-state index in [0.29, 0.717) is 0 Å². The molecule has 0 radical (unpaired) electrons. The van der Waals surface area contributed by atoms with E-state index < -0.39 is 0 Å². The van der Waals surface area contributed by atoms with E-state index in [1.165, 1.54) is 0 Å². The number of aromatic amines is 1. The van der Waals surface area contributed by atoms with Crippen LogP contribution in [0.5, 0.6) is 5.88 Å². The quantitative estimate of drug-likeness (QED) is 0.660. The number of nitrogens with zero attached hydrogens (tertiary/aromatic N) is 2. The molecule has 4 heteroatoms. The predicted molar refractivity (Wildman–Crippen MR) is 43.5 cm³/mol. The van der Waals surface area contributed by atoms with Crippen LogP contribution >= 0.6 is 0 Å². The van der Waals surface area contributed by atoms with Crippen LogP contribution in [0.3, 0.4) is 0 Å². The molecule has 0 saturated carbocycles. The number of H-pyrrole nitrogens is 1. The maximum atomic E-state index is 8.96. The molecule has 0 bridgehead atoms. The lowest BCUT2D eigenvalue weighted by atomic mass is 10.2. The Balaban J connectivity index is 2.45. The van der Waals surface area contributed by atoms with Crippen molar-refractivity contribution in [2.24, 2.45) is 0 Å². The minimum atomic E-state index is 0.00168. The van der Waals surface area contributed by atoms with Gasteiger partial charge >= 0.3 is 0 Å². The molecule has 0 atom stereocenters. The van der Waals surface area contributed by atoms with Crippen LogP contribution in [-0.4, -0.2) is 20.3 Å². The molecule has 60 valence electrons. The standard InChI is InChI=1S/C8H7N3O/c12-8-5-7(10-11-8)6-1-3-9-4-2-6/h1-5H,(H2,10,11,12). The van der Waals surface area contributed by atoms with Crippen molar-refractivity contribution in [3.63, 3.8) is 0 Å². The Morgan fingerprint density at radius 3 is 2.58 bits per heavy atom. The first-order chi connectivity index (χ1) is 5.86. The highest BCUT2D eigenvalue weighted by Gasteiger charge is 1.99. The average Bonchev–Trinajstić information content (AvgIpc) is 2.54. The van der Waals surface area contributed by atoms with Gasteiger partial charge in [-0.15, -0.1) is 5.10 Å². The largest absolute Gasteiger partial charge is 0.492 e. The van der Waals surface area contributed by atoms with E-state index in [0.717, 1.165) is 11.3 Å². The zero-order valence-electron chi connectivity index (χ0n) is 6.23. The van der Waals surface area contributed by atoms with Crippen LogP contribution in [0.25, 0.3) is 11.3 Å². The maximum absolute atomic E-state index is 8.96. The van der Waals surface area contributed by atoms with Crippen LogP contribution < -0.4 is 0 Å². The smallest absolute Gasteiger partial charge is 0.230 e. The summed E-state index contributed by atoms with van der Waals surface area (Å²) in [4.78, 5) is 3.88. The Labute approximate surface area is 68.9 Å². The van der Waals surface area contributed by atoms with E-state index in [1.807, 2.05) is 12.1 Å². The highest BCUT2D eigenvalue weighted by Crippen LogP contribution is 2.18. The summed E-state index contributed by atoms with van der Waals surface area (Å²) in [6.07, 6.45) is 3.38. The molecule has 2 aromatic heterocycles. The Morgan fingerprint density at radius 2 is 2.00 bits per heavy atom. The van der Waals surface area contributed by atoms with Gasteiger partial charge in [0.05, 0.1) is 5.69 Å². The van der Waals surface area contributed by atoms with Crippen molar-refractivity contribution in [2.75, 3.05) is 0 Å². The minimum absolute atomic E-state index is 0.00168. The molecule has 2 heterocycles. The zero-order valence-corrected chi connectivity index (χ0v) is 6.23. The normalized spacial score (nSPS) is 10.0. The first kappa shape index (κ1) is 6.84. The lowest BCUT2D eigenvalue weighted by Crippen LogP contribution is -1.77. The predicted octanol–water partition coefficient (Wildman–Crippen LogP) is 1.18. The summed E-state index contributed by atoms with van der Waals surface area (Å²) in [5.41, 5.74) is 1.74. The summed E-state index contributed by atoms with van der Waals surface area (Å²) >= 11 is 0. The monoisotopic (exact) mass is 161 g/mol. The molecular formula is C8H7N3O. The van der Waals surface area contributed by atoms with Crippen molar-refractivity contribution in [3.05, 3.63) is 30.6 Å². The van der Waals surface area contributed by atoms with Gasteiger partial charge in [-0.3, -0.25) is 10.1 Å². The van der Waals surface area contributed by atoms with Gasteiger partial charge in [0, 0.05) is 24.0 Å². The third kappa shape index (κ3) is 1.14. The summed E-state index contributed by atoms with van der Waals surface area (Å²) < 4.78 is 0. The van der Waals surface area contributed by atoms with Gasteiger partial charge in [0.2, 0.25) is 5.88 Å². The first-order valence-corrected chi connectivity index (χ1v) is 3.51. The van der Waals surface area contributed by atoms with Gasteiger partial charge in [-0.2, -0.15) is 0 Å². The van der Waals surface area contributed by atoms with Crippen LogP contribution in [0.1, 0.15) is 0 Å². The Kier molecular flexibility index (Phi) is 1.51. The molecule has 2 aromatic rings. The number of aromatic hydroxyl groups is 1. The Morgan fingerprint density at radius 1 is 1.25 bits per heavy atom. The summed E-state index contributed by atoms with van der Waals surface area (Å²) in [6, 6.07) is 5.25. The molecule has 0 fully saturated rings. The molecule has 2 rings (SSSR count). The van der Waals surface area contributed by atoms with Crippen molar-refractivity contribution in [3.8, 4) is 17.1 Å². The molecule has 0 aliphatic carbocycles. The molecular weight excluding hydrogens is 154 g/mol. The number of pyridine rings is 1. The van der Waals surface area contributed by atoms with Crippen LogP contribution in [0.4, 0.5) is 0 Å². The Bertz CT molecular complexity index is 369. The average molecular weight is 161 g/mol. The highest BCUT2D eigenvalue weighted by atomic mass is 16.3. The van der Waals surface area contributed by atoms with Crippen molar-refractivity contribution in [1.82, 2.24) is 15.2 Å². The molecule has 0 saturated heterocycles. The van der Waals surface area contributed by atoms with Crippen molar-refractivity contribution in [2.45, 2.75) is 0 Å². The molecule has 0 aromatic carbocycles. The van der Waals surface area contributed by atoms with Gasteiger partial charge in [-0.25, -0.2) is 0 Å². The lowest BCUT2D eigenvalue weighted by molar-refractivity contribution is 0.452. The van der Waals surface area contributed by atoms with Gasteiger partial charge in [-0.1, -0.05) is 0 Å². The Hall–Kier alpha value is -1.84. The number of nitrogens with one attached hydrogen (secondary N) is 1. The van der Waals surface area contributed by atoms with Crippen LogP contribution in [0.2, 0.25) is 0 Å². The molecule has 0 unspecified atom stereocenters. The summed E-state index contributed by atoms with van der Waals surface area (Å²) in [5.74, 6) is 0.00168. The zero-order chi connectivity index (χ0) is 8.39. The fourth-order valence-electron chi connectivity index (χ4n) is 0.991. The highest BCUT2D eigenvalue weighted by molar-refractivity contribution is 5.58. The molecule has 2 N–H and O–H groups in total. The van der Waals surface area contributed by atoms with Gasteiger partial charge in [-0.05, 0) is 12.1 Å². The summed E-state index contributed by atoms with van der Waals surface area (Å²) in [7, 11) is 0. The molecule has 4 nitrogen and oxygen atoms in total. The lowest BCUT2D eigenvalue weighted by Gasteiger charge is -1.92. The first-order valence-electron chi connectivity index (χ1n) is 3.51. The van der Waals surface area contributed by atoms with E-state index in [2.05, 4.69) is 15.2 Å². The summed E-state index contributed by atoms with van der Waals surface area (Å²) in [6.45, 7) is 0. The van der Waals surface area contributed by atoms with E-state index in [1.54, 1.807) is 18.5 Å². The molecule has 0 amide bonds. The van der Waals surface area contributed by atoms with E-state index in [9.17, 15) is 0 Å². The van der Waals surface area contributed by atoms with E-state index >= 15 is 0 Å². The second-order valence-corrected chi connectivity index (χ2v) is 2.38. The molecule has 0 aliphatic heterocycles. The second-order valence-electron chi connectivity index (χ2n) is 2.38. The molecule has 12 heavy (non-hydrogen) atoms. The van der Waals surface area contributed by atoms with E-state index in [-0.39, 0.29) is 5.88 Å². The van der Waals surface area contributed by atoms with E-state index in [4.69, 9.17) is 5.11 Å². The van der Waals surface area contributed by atoms with Gasteiger partial charge in [0.15, 0.2) is 0 Å². The molecule has 0 aliphatic rings. The number of hydrogen-bond acceptors (Lipinski definition) is 3. The fourth-order valence-corrected chi connectivity index (χ4v) is 0.991. The molecule has 0 spiro atoms. The van der Waals surface area contributed by atoms with Crippen molar-refractivity contribution < 1.29 is 5.11 Å². The van der Waals surface area contributed by atoms with Crippen molar-refractivity contribution >= 4 is 0 Å². The van der Waals surface area contributed by atoms with Gasteiger partial charge in [0.25, 0.3) is 0 Å².